The van der Waals surface area contributed by atoms with Crippen LogP contribution in [0.3, 0.4) is 0 Å². The van der Waals surface area contributed by atoms with E-state index in [0.717, 1.165) is 6.07 Å². The number of hydrogen-bond donors (Lipinski definition) is 1. The molecule has 0 aliphatic carbocycles. The van der Waals surface area contributed by atoms with Gasteiger partial charge in [0, 0.05) is 30.4 Å². The van der Waals surface area contributed by atoms with Gasteiger partial charge in [0.05, 0.1) is 17.1 Å². The summed E-state index contributed by atoms with van der Waals surface area (Å²) in [7, 11) is 1.56. The van der Waals surface area contributed by atoms with Gasteiger partial charge in [-0.3, -0.25) is 10.1 Å². The molecule has 1 aromatic rings. The molecule has 7 heteroatoms. The average molecular weight is 274 g/mol. The van der Waals surface area contributed by atoms with E-state index in [9.17, 15) is 24.0 Å². The molecule has 0 atom stereocenters. The minimum atomic E-state index is -2.83. The Balaban J connectivity index is 3.32. The van der Waals surface area contributed by atoms with Gasteiger partial charge in [-0.15, -0.1) is 0 Å². The number of non-ortho nitro benzene ring substituents is 1. The zero-order valence-corrected chi connectivity index (χ0v) is 10.9. The van der Waals surface area contributed by atoms with Gasteiger partial charge in [-0.05, 0) is 19.9 Å². The molecule has 19 heavy (non-hydrogen) atoms. The summed E-state index contributed by atoms with van der Waals surface area (Å²) in [5.74, 6) is 0. The number of nitro benzene ring substituents is 1. The Hall–Kier alpha value is -1.76. The number of aliphatic hydroxyl groups excluding tert-OH is 1. The van der Waals surface area contributed by atoms with Crippen molar-refractivity contribution in [2.45, 2.75) is 25.8 Å². The maximum Gasteiger partial charge on any atom is 0.270 e. The molecule has 0 aliphatic rings. The lowest BCUT2D eigenvalue weighted by Crippen LogP contribution is -2.44. The number of aliphatic hydroxyl groups is 1. The van der Waals surface area contributed by atoms with Crippen LogP contribution in [-0.2, 0) is 0 Å². The maximum atomic E-state index is 13.0. The number of likely N-dealkylation sites (N-methyl/N-ethyl adjacent to an activating group) is 1. The second-order valence-corrected chi connectivity index (χ2v) is 4.83. The van der Waals surface area contributed by atoms with Gasteiger partial charge in [-0.2, -0.15) is 0 Å². The molecular weight excluding hydrogens is 258 g/mol. The lowest BCUT2D eigenvalue weighted by atomic mass is 10.0. The molecule has 0 aliphatic heterocycles. The van der Waals surface area contributed by atoms with Crippen LogP contribution in [-0.4, -0.2) is 29.2 Å². The quantitative estimate of drug-likeness (QED) is 0.662. The predicted octanol–water partition coefficient (Wildman–Crippen LogP) is 2.74. The number of nitrogens with zero attached hydrogens (tertiary/aromatic N) is 2. The summed E-state index contributed by atoms with van der Waals surface area (Å²) in [5.41, 5.74) is -1.38. The predicted molar refractivity (Wildman–Crippen MR) is 67.6 cm³/mol. The number of benzene rings is 1. The molecule has 0 amide bonds. The number of anilines is 1. The summed E-state index contributed by atoms with van der Waals surface area (Å²) in [6.07, 6.45) is -2.83. The summed E-state index contributed by atoms with van der Waals surface area (Å²) in [6, 6.07) is 3.31. The minimum Gasteiger partial charge on any atom is -0.394 e. The van der Waals surface area contributed by atoms with Crippen LogP contribution in [0.4, 0.5) is 20.2 Å². The standard InChI is InChI=1S/C12H16F2N2O3/c1-12(2,7-17)15(3)10-5-4-8(16(18)19)6-9(10)11(13)14/h4-6,11,17H,7H2,1-3H3. The van der Waals surface area contributed by atoms with E-state index < -0.39 is 22.5 Å². The molecule has 0 bridgehead atoms. The van der Waals surface area contributed by atoms with Gasteiger partial charge in [0.25, 0.3) is 12.1 Å². The summed E-state index contributed by atoms with van der Waals surface area (Å²) < 4.78 is 26.0. The van der Waals surface area contributed by atoms with Gasteiger partial charge in [0.15, 0.2) is 0 Å². The third-order valence-corrected chi connectivity index (χ3v) is 3.11. The van der Waals surface area contributed by atoms with E-state index >= 15 is 0 Å². The number of halogens is 2. The number of nitro groups is 1. The van der Waals surface area contributed by atoms with Crippen molar-refractivity contribution in [3.63, 3.8) is 0 Å². The molecule has 0 saturated heterocycles. The second kappa shape index (κ2) is 5.48. The smallest absolute Gasteiger partial charge is 0.270 e. The van der Waals surface area contributed by atoms with Gasteiger partial charge in [0.1, 0.15) is 0 Å². The topological polar surface area (TPSA) is 66.6 Å². The molecule has 1 N–H and O–H groups in total. The van der Waals surface area contributed by atoms with Crippen molar-refractivity contribution >= 4 is 11.4 Å². The van der Waals surface area contributed by atoms with Crippen LogP contribution in [0.25, 0.3) is 0 Å². The van der Waals surface area contributed by atoms with E-state index in [0.29, 0.717) is 0 Å². The SMILES string of the molecule is CN(c1ccc([N+](=O)[O-])cc1C(F)F)C(C)(C)CO. The van der Waals surface area contributed by atoms with Crippen LogP contribution >= 0.6 is 0 Å². The van der Waals surface area contributed by atoms with Crippen LogP contribution in [0.2, 0.25) is 0 Å². The lowest BCUT2D eigenvalue weighted by molar-refractivity contribution is -0.385. The Kier molecular flexibility index (Phi) is 4.41. The van der Waals surface area contributed by atoms with E-state index in [1.807, 2.05) is 0 Å². The fraction of sp³-hybridized carbons (Fsp3) is 0.500. The summed E-state index contributed by atoms with van der Waals surface area (Å²) >= 11 is 0. The largest absolute Gasteiger partial charge is 0.394 e. The Morgan fingerprint density at radius 1 is 1.47 bits per heavy atom. The number of rotatable bonds is 5. The highest BCUT2D eigenvalue weighted by molar-refractivity contribution is 5.59. The highest BCUT2D eigenvalue weighted by Gasteiger charge is 2.28. The molecule has 1 aromatic carbocycles. The van der Waals surface area contributed by atoms with Gasteiger partial charge in [0.2, 0.25) is 0 Å². The average Bonchev–Trinajstić information content (AvgIpc) is 2.36. The van der Waals surface area contributed by atoms with E-state index in [-0.39, 0.29) is 18.0 Å². The Morgan fingerprint density at radius 3 is 2.47 bits per heavy atom. The zero-order chi connectivity index (χ0) is 14.8. The van der Waals surface area contributed by atoms with E-state index in [1.165, 1.54) is 17.0 Å². The Morgan fingerprint density at radius 2 is 2.05 bits per heavy atom. The van der Waals surface area contributed by atoms with Gasteiger partial charge in [-0.1, -0.05) is 0 Å². The van der Waals surface area contributed by atoms with Crippen LogP contribution in [0.15, 0.2) is 18.2 Å². The second-order valence-electron chi connectivity index (χ2n) is 4.83. The molecule has 106 valence electrons. The van der Waals surface area contributed by atoms with Crippen LogP contribution < -0.4 is 4.90 Å². The van der Waals surface area contributed by atoms with Crippen molar-refractivity contribution < 1.29 is 18.8 Å². The van der Waals surface area contributed by atoms with E-state index in [1.54, 1.807) is 20.9 Å². The molecule has 0 heterocycles. The highest BCUT2D eigenvalue weighted by Crippen LogP contribution is 2.35. The van der Waals surface area contributed by atoms with Crippen LogP contribution in [0.1, 0.15) is 25.8 Å². The van der Waals surface area contributed by atoms with Crippen LogP contribution in [0, 0.1) is 10.1 Å². The first-order valence-corrected chi connectivity index (χ1v) is 5.62. The summed E-state index contributed by atoms with van der Waals surface area (Å²) in [5, 5.41) is 19.9. The number of alkyl halides is 2. The first-order chi connectivity index (χ1) is 8.70. The Labute approximate surface area is 109 Å². The fourth-order valence-corrected chi connectivity index (χ4v) is 1.57. The van der Waals surface area contributed by atoms with Crippen molar-refractivity contribution in [1.29, 1.82) is 0 Å². The van der Waals surface area contributed by atoms with Crippen molar-refractivity contribution in [3.8, 4) is 0 Å². The van der Waals surface area contributed by atoms with Crippen LogP contribution in [0.5, 0.6) is 0 Å². The fourth-order valence-electron chi connectivity index (χ4n) is 1.57. The molecule has 0 radical (unpaired) electrons. The molecule has 5 nitrogen and oxygen atoms in total. The maximum absolute atomic E-state index is 13.0. The van der Waals surface area contributed by atoms with Crippen molar-refractivity contribution in [1.82, 2.24) is 0 Å². The van der Waals surface area contributed by atoms with Gasteiger partial charge < -0.3 is 10.0 Å². The van der Waals surface area contributed by atoms with Crippen molar-refractivity contribution in [3.05, 3.63) is 33.9 Å². The monoisotopic (exact) mass is 274 g/mol. The molecule has 0 spiro atoms. The third kappa shape index (κ3) is 3.17. The van der Waals surface area contributed by atoms with E-state index in [2.05, 4.69) is 0 Å². The molecule has 0 fully saturated rings. The van der Waals surface area contributed by atoms with E-state index in [4.69, 9.17) is 0 Å². The molecular formula is C12H16F2N2O3. The molecule has 0 saturated carbocycles. The molecule has 1 rings (SSSR count). The summed E-state index contributed by atoms with van der Waals surface area (Å²) in [6.45, 7) is 3.14. The van der Waals surface area contributed by atoms with Crippen molar-refractivity contribution in [2.75, 3.05) is 18.6 Å². The Bertz CT molecular complexity index is 478. The zero-order valence-electron chi connectivity index (χ0n) is 10.9. The number of hydrogen-bond acceptors (Lipinski definition) is 4. The minimum absolute atomic E-state index is 0.166. The third-order valence-electron chi connectivity index (χ3n) is 3.11. The van der Waals surface area contributed by atoms with Crippen molar-refractivity contribution in [2.24, 2.45) is 0 Å². The highest BCUT2D eigenvalue weighted by atomic mass is 19.3. The first kappa shape index (κ1) is 15.3. The molecule has 0 aromatic heterocycles. The summed E-state index contributed by atoms with van der Waals surface area (Å²) in [4.78, 5) is 11.4. The van der Waals surface area contributed by atoms with Gasteiger partial charge >= 0.3 is 0 Å². The first-order valence-electron chi connectivity index (χ1n) is 5.62. The normalized spacial score (nSPS) is 11.7. The molecule has 0 unspecified atom stereocenters. The van der Waals surface area contributed by atoms with Gasteiger partial charge in [-0.25, -0.2) is 8.78 Å². The lowest BCUT2D eigenvalue weighted by Gasteiger charge is -2.36.